The zero-order valence-corrected chi connectivity index (χ0v) is 18.4. The molecular weight excluding hydrogens is 391 g/mol. The molecule has 6 heteroatoms. The highest BCUT2D eigenvalue weighted by Gasteiger charge is 2.75. The van der Waals surface area contributed by atoms with E-state index in [-0.39, 0.29) is 35.6 Å². The van der Waals surface area contributed by atoms with Crippen LogP contribution in [0.1, 0.15) is 46.5 Å². The molecule has 0 aromatic heterocycles. The quantitative estimate of drug-likeness (QED) is 0.730. The Hall–Kier alpha value is -0.980. The number of ketones is 2. The number of rotatable bonds is 3. The van der Waals surface area contributed by atoms with Crippen LogP contribution in [-0.2, 0) is 9.59 Å². The van der Waals surface area contributed by atoms with Gasteiger partial charge in [0.2, 0.25) is 0 Å². The molecule has 0 aromatic rings. The van der Waals surface area contributed by atoms with Crippen LogP contribution in [0.25, 0.3) is 0 Å². The van der Waals surface area contributed by atoms with Crippen LogP contribution in [0.15, 0.2) is 23.8 Å². The zero-order valence-electron chi connectivity index (χ0n) is 17.6. The van der Waals surface area contributed by atoms with Gasteiger partial charge in [0, 0.05) is 16.7 Å². The number of aliphatic hydroxyl groups is 2. The van der Waals surface area contributed by atoms with Crippen molar-refractivity contribution < 1.29 is 24.2 Å². The first kappa shape index (κ1) is 21.3. The average Bonchev–Trinajstić information content (AvgIpc) is 2.85. The van der Waals surface area contributed by atoms with E-state index in [1.165, 1.54) is 23.9 Å². The number of fused-ring (bicyclic) bond motifs is 5. The van der Waals surface area contributed by atoms with E-state index in [0.29, 0.717) is 19.3 Å². The molecule has 0 radical (unpaired) electrons. The first-order chi connectivity index (χ1) is 13.5. The first-order valence-electron chi connectivity index (χ1n) is 10.5. The molecule has 29 heavy (non-hydrogen) atoms. The third-order valence-electron chi connectivity index (χ3n) is 8.92. The lowest BCUT2D eigenvalue weighted by molar-refractivity contribution is -0.218. The number of alkyl halides is 1. The van der Waals surface area contributed by atoms with Crippen LogP contribution >= 0.6 is 11.8 Å². The van der Waals surface area contributed by atoms with Gasteiger partial charge in [0.15, 0.2) is 17.2 Å². The molecule has 4 nitrogen and oxygen atoms in total. The van der Waals surface area contributed by atoms with Crippen molar-refractivity contribution in [3.63, 3.8) is 0 Å². The number of hydrogen-bond acceptors (Lipinski definition) is 5. The van der Waals surface area contributed by atoms with Crippen molar-refractivity contribution in [2.24, 2.45) is 28.6 Å². The topological polar surface area (TPSA) is 74.6 Å². The van der Waals surface area contributed by atoms with Crippen LogP contribution < -0.4 is 0 Å². The van der Waals surface area contributed by atoms with Gasteiger partial charge < -0.3 is 10.2 Å². The molecule has 160 valence electrons. The first-order valence-corrected chi connectivity index (χ1v) is 11.9. The number of halogens is 1. The Labute approximate surface area is 176 Å². The third-order valence-corrected chi connectivity index (χ3v) is 9.47. The van der Waals surface area contributed by atoms with Crippen molar-refractivity contribution in [3.05, 3.63) is 23.8 Å². The lowest BCUT2D eigenvalue weighted by Crippen LogP contribution is -2.69. The van der Waals surface area contributed by atoms with Gasteiger partial charge in [-0.05, 0) is 62.9 Å². The van der Waals surface area contributed by atoms with Crippen molar-refractivity contribution in [2.45, 2.75) is 63.8 Å². The summed E-state index contributed by atoms with van der Waals surface area (Å²) in [6.45, 7) is 5.53. The van der Waals surface area contributed by atoms with Gasteiger partial charge in [-0.3, -0.25) is 9.59 Å². The van der Waals surface area contributed by atoms with E-state index in [1.54, 1.807) is 13.0 Å². The Balaban J connectivity index is 1.81. The minimum Gasteiger partial charge on any atom is -0.390 e. The number of allylic oxidation sites excluding steroid dienone is 4. The molecule has 0 unspecified atom stereocenters. The molecule has 0 aromatic carbocycles. The molecular formula is C23H31FO4S. The average molecular weight is 423 g/mol. The number of thioether (sulfide) groups is 1. The van der Waals surface area contributed by atoms with Crippen LogP contribution in [0.3, 0.4) is 0 Å². The summed E-state index contributed by atoms with van der Waals surface area (Å²) in [4.78, 5) is 24.9. The van der Waals surface area contributed by atoms with Crippen molar-refractivity contribution >= 4 is 23.3 Å². The number of carbonyl (C=O) groups excluding carboxylic acids is 2. The van der Waals surface area contributed by atoms with E-state index >= 15 is 4.39 Å². The standard InChI is InChI=1S/C23H31FO4S/c1-13-9-17-16-6-5-14-10-15(25)7-8-20(14,2)22(16,24)18(26)11-21(17,3)23(13,28)19(27)12-29-4/h7-8,10,13,16-18,26,28H,5-6,9,11-12H2,1-4H3/t13-,16+,17+,18+,20+,21+,22+,23+/m1/s1. The van der Waals surface area contributed by atoms with Crippen molar-refractivity contribution in [2.75, 3.05) is 12.0 Å². The summed E-state index contributed by atoms with van der Waals surface area (Å²) in [5, 5.41) is 22.9. The summed E-state index contributed by atoms with van der Waals surface area (Å²) in [7, 11) is 0. The second-order valence-electron chi connectivity index (χ2n) is 10.0. The molecule has 4 aliphatic rings. The summed E-state index contributed by atoms with van der Waals surface area (Å²) in [6, 6.07) is 0. The second kappa shape index (κ2) is 6.51. The Bertz CT molecular complexity index is 824. The summed E-state index contributed by atoms with van der Waals surface area (Å²) in [5.74, 6) is -1.12. The maximum absolute atomic E-state index is 17.0. The van der Waals surface area contributed by atoms with Crippen LogP contribution in [0.2, 0.25) is 0 Å². The van der Waals surface area contributed by atoms with Crippen LogP contribution in [0.4, 0.5) is 4.39 Å². The largest absolute Gasteiger partial charge is 0.390 e. The molecule has 3 saturated carbocycles. The SMILES string of the molecule is CSCC(=O)[C@@]1(O)[C@H](C)C[C@H]2[C@@H]3CCC4=CC(=O)C=C[C@]4(C)[C@@]3(F)[C@@H](O)C[C@@]21C. The Morgan fingerprint density at radius 3 is 2.69 bits per heavy atom. The lowest BCUT2D eigenvalue weighted by atomic mass is 9.44. The summed E-state index contributed by atoms with van der Waals surface area (Å²) in [6.07, 6.45) is 6.77. The molecule has 2 N–H and O–H groups in total. The van der Waals surface area contributed by atoms with Gasteiger partial charge in [-0.2, -0.15) is 11.8 Å². The highest BCUT2D eigenvalue weighted by atomic mass is 32.2. The molecule has 0 bridgehead atoms. The van der Waals surface area contributed by atoms with E-state index in [0.717, 1.165) is 5.57 Å². The van der Waals surface area contributed by atoms with E-state index in [9.17, 15) is 19.8 Å². The lowest BCUT2D eigenvalue weighted by Gasteiger charge is -2.62. The van der Waals surface area contributed by atoms with Gasteiger partial charge in [-0.15, -0.1) is 0 Å². The van der Waals surface area contributed by atoms with Gasteiger partial charge >= 0.3 is 0 Å². The van der Waals surface area contributed by atoms with Crippen LogP contribution in [0, 0.1) is 28.6 Å². The molecule has 0 amide bonds. The number of aliphatic hydroxyl groups excluding tert-OH is 1. The Kier molecular flexibility index (Phi) is 4.77. The Morgan fingerprint density at radius 2 is 2.03 bits per heavy atom. The number of hydrogen-bond donors (Lipinski definition) is 2. The predicted molar refractivity (Wildman–Crippen MR) is 111 cm³/mol. The molecule has 0 saturated heterocycles. The van der Waals surface area contributed by atoms with Crippen molar-refractivity contribution in [1.82, 2.24) is 0 Å². The molecule has 4 rings (SSSR count). The van der Waals surface area contributed by atoms with Crippen LogP contribution in [-0.4, -0.2) is 51.2 Å². The maximum Gasteiger partial charge on any atom is 0.178 e. The van der Waals surface area contributed by atoms with E-state index in [1.807, 2.05) is 20.1 Å². The van der Waals surface area contributed by atoms with Gasteiger partial charge in [0.05, 0.1) is 11.9 Å². The molecule has 0 heterocycles. The third kappa shape index (κ3) is 2.40. The monoisotopic (exact) mass is 422 g/mol. The molecule has 4 aliphatic carbocycles. The van der Waals surface area contributed by atoms with Gasteiger partial charge in [0.1, 0.15) is 5.60 Å². The normalized spacial score (nSPS) is 51.1. The minimum absolute atomic E-state index is 0.0380. The maximum atomic E-state index is 17.0. The smallest absolute Gasteiger partial charge is 0.178 e. The fraction of sp³-hybridized carbons (Fsp3) is 0.739. The van der Waals surface area contributed by atoms with E-state index in [4.69, 9.17) is 0 Å². The molecule has 0 aliphatic heterocycles. The van der Waals surface area contributed by atoms with Gasteiger partial charge in [0.25, 0.3) is 0 Å². The van der Waals surface area contributed by atoms with Crippen molar-refractivity contribution in [3.8, 4) is 0 Å². The zero-order chi connectivity index (χ0) is 21.4. The summed E-state index contributed by atoms with van der Waals surface area (Å²) in [5.41, 5.74) is -4.65. The molecule has 8 atom stereocenters. The second-order valence-corrected chi connectivity index (χ2v) is 10.9. The number of carbonyl (C=O) groups is 2. The summed E-state index contributed by atoms with van der Waals surface area (Å²) < 4.78 is 17.0. The van der Waals surface area contributed by atoms with Crippen molar-refractivity contribution in [1.29, 1.82) is 0 Å². The van der Waals surface area contributed by atoms with E-state index in [2.05, 4.69) is 0 Å². The van der Waals surface area contributed by atoms with Crippen LogP contribution in [0.5, 0.6) is 0 Å². The predicted octanol–water partition coefficient (Wildman–Crippen LogP) is 3.27. The highest BCUT2D eigenvalue weighted by Crippen LogP contribution is 2.70. The fourth-order valence-corrected chi connectivity index (χ4v) is 7.86. The fourth-order valence-electron chi connectivity index (χ4n) is 7.38. The Morgan fingerprint density at radius 1 is 1.34 bits per heavy atom. The highest BCUT2D eigenvalue weighted by molar-refractivity contribution is 7.99. The minimum atomic E-state index is -1.92. The van der Waals surface area contributed by atoms with E-state index < -0.39 is 34.1 Å². The summed E-state index contributed by atoms with van der Waals surface area (Å²) >= 11 is 1.38. The van der Waals surface area contributed by atoms with Gasteiger partial charge in [-0.1, -0.05) is 25.5 Å². The number of Topliss-reactive ketones (excluding diaryl/α,β-unsaturated/α-hetero) is 1. The molecule has 3 fully saturated rings. The molecule has 0 spiro atoms. The van der Waals surface area contributed by atoms with Gasteiger partial charge in [-0.25, -0.2) is 4.39 Å².